The number of rotatable bonds is 5. The molecule has 1 heterocycles. The van der Waals surface area contributed by atoms with Crippen molar-refractivity contribution in [2.75, 3.05) is 13.7 Å². The van der Waals surface area contributed by atoms with E-state index in [1.54, 1.807) is 7.11 Å². The monoisotopic (exact) mass is 407 g/mol. The lowest BCUT2D eigenvalue weighted by molar-refractivity contribution is -0.141. The van der Waals surface area contributed by atoms with Gasteiger partial charge in [-0.15, -0.1) is 0 Å². The van der Waals surface area contributed by atoms with Crippen molar-refractivity contribution in [3.05, 3.63) is 58.7 Å². The number of hydrogen-bond acceptors (Lipinski definition) is 4. The van der Waals surface area contributed by atoms with Crippen LogP contribution in [0.3, 0.4) is 0 Å². The summed E-state index contributed by atoms with van der Waals surface area (Å²) in [5.41, 5.74) is 6.85. The number of allylic oxidation sites excluding steroid dienone is 2. The summed E-state index contributed by atoms with van der Waals surface area (Å²) in [4.78, 5) is 11.2. The highest BCUT2D eigenvalue weighted by Gasteiger charge is 2.41. The summed E-state index contributed by atoms with van der Waals surface area (Å²) in [6, 6.07) is 6.68. The molecule has 1 aliphatic heterocycles. The number of benzene rings is 1. The van der Waals surface area contributed by atoms with Crippen LogP contribution in [0.15, 0.2) is 47.6 Å². The third-order valence-corrected chi connectivity index (χ3v) is 6.60. The van der Waals surface area contributed by atoms with Crippen molar-refractivity contribution < 1.29 is 14.3 Å². The van der Waals surface area contributed by atoms with Gasteiger partial charge in [-0.1, -0.05) is 35.9 Å². The Balaban J connectivity index is 1.76. The first-order valence-corrected chi connectivity index (χ1v) is 11.0. The first-order valence-electron chi connectivity index (χ1n) is 11.0. The Kier molecular flexibility index (Phi) is 5.63. The molecule has 1 aromatic carbocycles. The highest BCUT2D eigenvalue weighted by molar-refractivity contribution is 5.86. The molecule has 0 amide bonds. The van der Waals surface area contributed by atoms with E-state index in [1.807, 2.05) is 0 Å². The summed E-state index contributed by atoms with van der Waals surface area (Å²) in [6.07, 6.45) is 9.90. The van der Waals surface area contributed by atoms with Crippen molar-refractivity contribution in [2.45, 2.75) is 58.5 Å². The summed E-state index contributed by atoms with van der Waals surface area (Å²) in [6.45, 7) is 8.71. The molecular weight excluding hydrogens is 374 g/mol. The number of carbonyl (C=O) groups excluding carboxylic acids is 1. The molecule has 0 fully saturated rings. The number of fused-ring (bicyclic) bond motifs is 4. The van der Waals surface area contributed by atoms with Gasteiger partial charge in [-0.2, -0.15) is 0 Å². The Morgan fingerprint density at radius 2 is 2.10 bits per heavy atom. The van der Waals surface area contributed by atoms with Crippen LogP contribution in [0.25, 0.3) is 5.57 Å². The highest BCUT2D eigenvalue weighted by Crippen LogP contribution is 2.50. The van der Waals surface area contributed by atoms with Crippen LogP contribution in [0.1, 0.15) is 51.7 Å². The lowest BCUT2D eigenvalue weighted by Crippen LogP contribution is -2.53. The second kappa shape index (κ2) is 8.07. The molecule has 30 heavy (non-hydrogen) atoms. The molecule has 3 aliphatic rings. The molecule has 0 spiro atoms. The molecule has 160 valence electrons. The van der Waals surface area contributed by atoms with Crippen LogP contribution in [-0.4, -0.2) is 31.3 Å². The van der Waals surface area contributed by atoms with E-state index in [9.17, 15) is 4.79 Å². The van der Waals surface area contributed by atoms with Crippen molar-refractivity contribution >= 4 is 11.5 Å². The van der Waals surface area contributed by atoms with E-state index in [0.29, 0.717) is 24.5 Å². The Labute approximate surface area is 180 Å². The molecular formula is C26H33NO3. The van der Waals surface area contributed by atoms with E-state index in [1.165, 1.54) is 34.8 Å². The van der Waals surface area contributed by atoms with Gasteiger partial charge in [0.2, 0.25) is 0 Å². The Bertz CT molecular complexity index is 938. The van der Waals surface area contributed by atoms with Crippen molar-refractivity contribution in [3.63, 3.8) is 0 Å². The maximum absolute atomic E-state index is 11.2. The Morgan fingerprint density at radius 1 is 1.30 bits per heavy atom. The Morgan fingerprint density at radius 3 is 2.83 bits per heavy atom. The summed E-state index contributed by atoms with van der Waals surface area (Å²) >= 11 is 0. The zero-order valence-electron chi connectivity index (χ0n) is 18.7. The van der Waals surface area contributed by atoms with Gasteiger partial charge in [-0.05, 0) is 68.7 Å². The third-order valence-electron chi connectivity index (χ3n) is 6.60. The van der Waals surface area contributed by atoms with Crippen molar-refractivity contribution in [3.8, 4) is 5.75 Å². The molecule has 1 aromatic rings. The van der Waals surface area contributed by atoms with E-state index in [4.69, 9.17) is 9.47 Å². The topological polar surface area (TPSA) is 47.6 Å². The second-order valence-corrected chi connectivity index (χ2v) is 9.36. The lowest BCUT2D eigenvalue weighted by Gasteiger charge is -2.46. The molecule has 0 bridgehead atoms. The predicted octanol–water partition coefficient (Wildman–Crippen LogP) is 4.85. The number of methoxy groups -OCH3 is 1. The van der Waals surface area contributed by atoms with Gasteiger partial charge in [0.1, 0.15) is 5.75 Å². The van der Waals surface area contributed by atoms with Crippen molar-refractivity contribution in [2.24, 2.45) is 11.8 Å². The molecule has 1 N–H and O–H groups in total. The van der Waals surface area contributed by atoms with Crippen LogP contribution >= 0.6 is 0 Å². The van der Waals surface area contributed by atoms with Gasteiger partial charge in [-0.25, -0.2) is 0 Å². The fourth-order valence-electron chi connectivity index (χ4n) is 5.66. The molecule has 0 saturated carbocycles. The van der Waals surface area contributed by atoms with E-state index in [-0.39, 0.29) is 11.5 Å². The molecule has 4 rings (SSSR count). The normalized spacial score (nSPS) is 26.3. The molecule has 0 saturated heterocycles. The van der Waals surface area contributed by atoms with Crippen LogP contribution in [-0.2, 0) is 16.0 Å². The molecule has 3 unspecified atom stereocenters. The number of nitrogens with one attached hydrogen (secondary N) is 1. The van der Waals surface area contributed by atoms with Gasteiger partial charge in [0, 0.05) is 30.0 Å². The van der Waals surface area contributed by atoms with Crippen molar-refractivity contribution in [1.29, 1.82) is 0 Å². The average molecular weight is 408 g/mol. The second-order valence-electron chi connectivity index (χ2n) is 9.36. The Hall–Kier alpha value is -2.33. The van der Waals surface area contributed by atoms with E-state index >= 15 is 0 Å². The quantitative estimate of drug-likeness (QED) is 0.431. The van der Waals surface area contributed by atoms with Crippen LogP contribution in [0.5, 0.6) is 5.75 Å². The van der Waals surface area contributed by atoms with Crippen LogP contribution in [0.4, 0.5) is 0 Å². The first kappa shape index (κ1) is 20.9. The average Bonchev–Trinajstić information content (AvgIpc) is 2.68. The largest absolute Gasteiger partial charge is 0.496 e. The van der Waals surface area contributed by atoms with Gasteiger partial charge >= 0.3 is 5.97 Å². The molecule has 3 atom stereocenters. The summed E-state index contributed by atoms with van der Waals surface area (Å²) in [5.74, 6) is 1.53. The maximum atomic E-state index is 11.2. The highest BCUT2D eigenvalue weighted by atomic mass is 16.5. The van der Waals surface area contributed by atoms with Crippen LogP contribution in [0.2, 0.25) is 0 Å². The van der Waals surface area contributed by atoms with Gasteiger partial charge in [-0.3, -0.25) is 4.79 Å². The SMILES string of the molecule is COc1cccc2c1C1=C(C(CCCOC(C)=O)C2)C2C(C)=CC(C)(C)NC2C=C1. The minimum atomic E-state index is -0.202. The van der Waals surface area contributed by atoms with E-state index in [0.717, 1.165) is 25.0 Å². The minimum absolute atomic E-state index is 0.0112. The molecule has 2 aliphatic carbocycles. The van der Waals surface area contributed by atoms with Gasteiger partial charge in [0.25, 0.3) is 0 Å². The predicted molar refractivity (Wildman–Crippen MR) is 120 cm³/mol. The number of esters is 1. The van der Waals surface area contributed by atoms with Gasteiger partial charge in [0.05, 0.1) is 13.7 Å². The summed E-state index contributed by atoms with van der Waals surface area (Å²) < 4.78 is 11.0. The van der Waals surface area contributed by atoms with Gasteiger partial charge < -0.3 is 14.8 Å². The molecule has 0 aromatic heterocycles. The fourth-order valence-corrected chi connectivity index (χ4v) is 5.66. The van der Waals surface area contributed by atoms with Crippen LogP contribution < -0.4 is 10.1 Å². The molecule has 4 nitrogen and oxygen atoms in total. The maximum Gasteiger partial charge on any atom is 0.302 e. The zero-order valence-corrected chi connectivity index (χ0v) is 18.7. The van der Waals surface area contributed by atoms with E-state index in [2.05, 4.69) is 62.5 Å². The first-order chi connectivity index (χ1) is 14.3. The fraction of sp³-hybridized carbons (Fsp3) is 0.500. The molecule has 4 heteroatoms. The molecule has 0 radical (unpaired) electrons. The standard InChI is InChI=1S/C26H33NO3/c1-16-15-26(3,4)27-21-12-11-20-24-18(8-6-10-22(24)29-5)14-19(25(20)23(16)21)9-7-13-30-17(2)28/h6,8,10-12,15,19,21,23,27H,7,9,13-14H2,1-5H3. The summed E-state index contributed by atoms with van der Waals surface area (Å²) in [7, 11) is 1.76. The number of ether oxygens (including phenoxy) is 2. The van der Waals surface area contributed by atoms with Gasteiger partial charge in [0.15, 0.2) is 0 Å². The van der Waals surface area contributed by atoms with E-state index < -0.39 is 0 Å². The summed E-state index contributed by atoms with van der Waals surface area (Å²) in [5, 5.41) is 3.82. The third kappa shape index (κ3) is 3.85. The lowest BCUT2D eigenvalue weighted by atomic mass is 9.64. The zero-order chi connectivity index (χ0) is 21.5. The van der Waals surface area contributed by atoms with Crippen molar-refractivity contribution in [1.82, 2.24) is 5.32 Å². The number of carbonyl (C=O) groups is 1. The van der Waals surface area contributed by atoms with Crippen LogP contribution in [0, 0.1) is 11.8 Å². The minimum Gasteiger partial charge on any atom is -0.496 e. The number of hydrogen-bond donors (Lipinski definition) is 1. The smallest absolute Gasteiger partial charge is 0.302 e.